The Morgan fingerprint density at radius 2 is 2.03 bits per heavy atom. The van der Waals surface area contributed by atoms with E-state index in [1.54, 1.807) is 7.11 Å². The summed E-state index contributed by atoms with van der Waals surface area (Å²) in [5.41, 5.74) is 1.04. The summed E-state index contributed by atoms with van der Waals surface area (Å²) < 4.78 is 17.0. The molecule has 1 heterocycles. The fourth-order valence-electron chi connectivity index (χ4n) is 3.49. The van der Waals surface area contributed by atoms with Crippen molar-refractivity contribution >= 4 is 29.9 Å². The first-order chi connectivity index (χ1) is 15.1. The average Bonchev–Trinajstić information content (AvgIpc) is 3.45. The van der Waals surface area contributed by atoms with Crippen LogP contribution in [-0.4, -0.2) is 42.4 Å². The fraction of sp³-hybridized carbons (Fsp3) is 0.609. The van der Waals surface area contributed by atoms with E-state index in [-0.39, 0.29) is 36.0 Å². The van der Waals surface area contributed by atoms with Gasteiger partial charge in [-0.3, -0.25) is 0 Å². The number of ether oxygens (including phenoxy) is 2. The predicted octanol–water partition coefficient (Wildman–Crippen LogP) is 4.44. The van der Waals surface area contributed by atoms with E-state index in [1.165, 1.54) is 12.8 Å². The molecule has 8 nitrogen and oxygen atoms in total. The molecule has 0 saturated heterocycles. The summed E-state index contributed by atoms with van der Waals surface area (Å²) in [6.07, 6.45) is 5.61. The first kappa shape index (κ1) is 26.2. The molecule has 1 fully saturated rings. The van der Waals surface area contributed by atoms with Crippen molar-refractivity contribution < 1.29 is 14.0 Å². The zero-order valence-electron chi connectivity index (χ0n) is 19.5. The summed E-state index contributed by atoms with van der Waals surface area (Å²) in [5, 5.41) is 10.6. The summed E-state index contributed by atoms with van der Waals surface area (Å²) in [6.45, 7) is 8.09. The normalized spacial score (nSPS) is 14.3. The van der Waals surface area contributed by atoms with Gasteiger partial charge in [0, 0.05) is 37.1 Å². The van der Waals surface area contributed by atoms with Crippen LogP contribution in [0.3, 0.4) is 0 Å². The maximum Gasteiger partial charge on any atom is 0.228 e. The first-order valence-electron chi connectivity index (χ1n) is 11.3. The number of aromatic nitrogens is 2. The maximum atomic E-state index is 6.28. The van der Waals surface area contributed by atoms with Crippen molar-refractivity contribution in [3.63, 3.8) is 0 Å². The molecule has 178 valence electrons. The summed E-state index contributed by atoms with van der Waals surface area (Å²) in [4.78, 5) is 9.16. The lowest BCUT2D eigenvalue weighted by Gasteiger charge is -2.17. The van der Waals surface area contributed by atoms with Crippen LogP contribution in [0.5, 0.6) is 11.5 Å². The van der Waals surface area contributed by atoms with Crippen molar-refractivity contribution in [2.24, 2.45) is 4.99 Å². The van der Waals surface area contributed by atoms with Crippen LogP contribution in [0.2, 0.25) is 0 Å². The molecule has 0 unspecified atom stereocenters. The molecule has 0 atom stereocenters. The number of hydrogen-bond donors (Lipinski definition) is 2. The molecule has 1 aliphatic carbocycles. The standard InChI is InChI=1S/C23H35N5O3.HI/c1-5-24-23(25-13-12-21-27-22(16(2)3)28-31-21)26-15-17-10-11-19(29-4)14-20(17)30-18-8-6-7-9-18;/h10-11,14,16,18H,5-9,12-13,15H2,1-4H3,(H2,24,25,26);1H. The average molecular weight is 557 g/mol. The van der Waals surface area contributed by atoms with Gasteiger partial charge < -0.3 is 24.6 Å². The molecule has 2 aromatic rings. The highest BCUT2D eigenvalue weighted by Crippen LogP contribution is 2.30. The number of halogens is 1. The Morgan fingerprint density at radius 1 is 1.25 bits per heavy atom. The highest BCUT2D eigenvalue weighted by atomic mass is 127. The van der Waals surface area contributed by atoms with Crippen molar-refractivity contribution in [2.45, 2.75) is 71.4 Å². The Morgan fingerprint density at radius 3 is 2.69 bits per heavy atom. The number of hydrogen-bond acceptors (Lipinski definition) is 6. The zero-order valence-corrected chi connectivity index (χ0v) is 21.8. The second-order valence-corrected chi connectivity index (χ2v) is 8.07. The SMILES string of the molecule is CCNC(=NCc1ccc(OC)cc1OC1CCCC1)NCCc1nc(C(C)C)no1.I. The number of guanidine groups is 1. The molecule has 1 aromatic heterocycles. The number of aliphatic imine (C=N–C) groups is 1. The molecule has 1 aliphatic rings. The molecule has 3 rings (SSSR count). The minimum absolute atomic E-state index is 0. The van der Waals surface area contributed by atoms with Crippen LogP contribution in [0.1, 0.15) is 69.7 Å². The van der Waals surface area contributed by atoms with E-state index in [0.29, 0.717) is 25.4 Å². The van der Waals surface area contributed by atoms with E-state index in [9.17, 15) is 0 Å². The van der Waals surface area contributed by atoms with Gasteiger partial charge in [0.15, 0.2) is 11.8 Å². The van der Waals surface area contributed by atoms with Crippen LogP contribution in [-0.2, 0) is 13.0 Å². The molecular weight excluding hydrogens is 521 g/mol. The topological polar surface area (TPSA) is 93.8 Å². The molecule has 2 N–H and O–H groups in total. The van der Waals surface area contributed by atoms with Gasteiger partial charge in [0.2, 0.25) is 5.89 Å². The van der Waals surface area contributed by atoms with Crippen LogP contribution in [0, 0.1) is 0 Å². The van der Waals surface area contributed by atoms with Gasteiger partial charge in [-0.25, -0.2) is 4.99 Å². The van der Waals surface area contributed by atoms with Crippen LogP contribution >= 0.6 is 24.0 Å². The molecule has 9 heteroatoms. The summed E-state index contributed by atoms with van der Waals surface area (Å²) in [5.74, 6) is 4.03. The van der Waals surface area contributed by atoms with Gasteiger partial charge in [0.05, 0.1) is 19.8 Å². The Hall–Kier alpha value is -2.04. The summed E-state index contributed by atoms with van der Waals surface area (Å²) in [7, 11) is 1.67. The highest BCUT2D eigenvalue weighted by Gasteiger charge is 2.18. The molecule has 0 spiro atoms. The quantitative estimate of drug-likeness (QED) is 0.254. The third kappa shape index (κ3) is 7.83. The van der Waals surface area contributed by atoms with E-state index in [4.69, 9.17) is 19.0 Å². The van der Waals surface area contributed by atoms with Crippen molar-refractivity contribution in [3.05, 3.63) is 35.5 Å². The Balaban J connectivity index is 0.00000363. The minimum atomic E-state index is 0. The van der Waals surface area contributed by atoms with Crippen LogP contribution in [0.15, 0.2) is 27.7 Å². The van der Waals surface area contributed by atoms with Crippen molar-refractivity contribution in [1.29, 1.82) is 0 Å². The lowest BCUT2D eigenvalue weighted by molar-refractivity contribution is 0.207. The number of nitrogens with one attached hydrogen (secondary N) is 2. The van der Waals surface area contributed by atoms with Crippen molar-refractivity contribution in [1.82, 2.24) is 20.8 Å². The molecule has 0 amide bonds. The second kappa shape index (κ2) is 13.5. The Labute approximate surface area is 208 Å². The van der Waals surface area contributed by atoms with E-state index < -0.39 is 0 Å². The second-order valence-electron chi connectivity index (χ2n) is 8.07. The number of methoxy groups -OCH3 is 1. The van der Waals surface area contributed by atoms with Crippen LogP contribution < -0.4 is 20.1 Å². The summed E-state index contributed by atoms with van der Waals surface area (Å²) in [6, 6.07) is 5.95. The molecule has 1 saturated carbocycles. The van der Waals surface area contributed by atoms with E-state index in [0.717, 1.165) is 48.2 Å². The van der Waals surface area contributed by atoms with Crippen LogP contribution in [0.4, 0.5) is 0 Å². The van der Waals surface area contributed by atoms with E-state index >= 15 is 0 Å². The molecule has 0 radical (unpaired) electrons. The largest absolute Gasteiger partial charge is 0.497 e. The number of rotatable bonds is 10. The fourth-order valence-corrected chi connectivity index (χ4v) is 3.49. The van der Waals surface area contributed by atoms with Gasteiger partial charge in [-0.05, 0) is 44.7 Å². The van der Waals surface area contributed by atoms with Crippen molar-refractivity contribution in [3.8, 4) is 11.5 Å². The van der Waals surface area contributed by atoms with Gasteiger partial charge >= 0.3 is 0 Å². The third-order valence-electron chi connectivity index (χ3n) is 5.25. The Bertz CT molecular complexity index is 850. The molecule has 32 heavy (non-hydrogen) atoms. The molecular formula is C23H36IN5O3. The van der Waals surface area contributed by atoms with Gasteiger partial charge in [-0.15, -0.1) is 24.0 Å². The van der Waals surface area contributed by atoms with Crippen molar-refractivity contribution in [2.75, 3.05) is 20.2 Å². The predicted molar refractivity (Wildman–Crippen MR) is 136 cm³/mol. The summed E-state index contributed by atoms with van der Waals surface area (Å²) >= 11 is 0. The lowest BCUT2D eigenvalue weighted by atomic mass is 10.2. The molecule has 1 aromatic carbocycles. The minimum Gasteiger partial charge on any atom is -0.497 e. The van der Waals surface area contributed by atoms with Gasteiger partial charge in [-0.1, -0.05) is 19.0 Å². The van der Waals surface area contributed by atoms with Crippen LogP contribution in [0.25, 0.3) is 0 Å². The number of nitrogens with zero attached hydrogens (tertiary/aromatic N) is 3. The number of benzene rings is 1. The molecule has 0 bridgehead atoms. The first-order valence-corrected chi connectivity index (χ1v) is 11.3. The van der Waals surface area contributed by atoms with E-state index in [2.05, 4.69) is 20.8 Å². The Kier molecular flexibility index (Phi) is 11.1. The highest BCUT2D eigenvalue weighted by molar-refractivity contribution is 14.0. The monoisotopic (exact) mass is 557 g/mol. The lowest BCUT2D eigenvalue weighted by Crippen LogP contribution is -2.38. The maximum absolute atomic E-state index is 6.28. The van der Waals surface area contributed by atoms with Gasteiger partial charge in [0.1, 0.15) is 11.5 Å². The van der Waals surface area contributed by atoms with Gasteiger partial charge in [0.25, 0.3) is 0 Å². The van der Waals surface area contributed by atoms with E-state index in [1.807, 2.05) is 39.0 Å². The third-order valence-corrected chi connectivity index (χ3v) is 5.25. The van der Waals surface area contributed by atoms with Gasteiger partial charge in [-0.2, -0.15) is 4.98 Å². The smallest absolute Gasteiger partial charge is 0.228 e. The zero-order chi connectivity index (χ0) is 22.1. The molecule has 0 aliphatic heterocycles.